The fourth-order valence-corrected chi connectivity index (χ4v) is 3.67. The van der Waals surface area contributed by atoms with E-state index in [2.05, 4.69) is 65.4 Å². The Kier molecular flexibility index (Phi) is 5.43. The normalized spacial score (nSPS) is 11.6. The maximum Gasteiger partial charge on any atom is 0.138 e. The van der Waals surface area contributed by atoms with E-state index in [1.165, 1.54) is 46.7 Å². The molecule has 0 fully saturated rings. The van der Waals surface area contributed by atoms with E-state index in [0.29, 0.717) is 0 Å². The van der Waals surface area contributed by atoms with Gasteiger partial charge in [0, 0.05) is 22.5 Å². The Morgan fingerprint density at radius 2 is 1.82 bits per heavy atom. The average Bonchev–Trinajstić information content (AvgIpc) is 3.12. The summed E-state index contributed by atoms with van der Waals surface area (Å²) in [6.07, 6.45) is 11.3. The molecule has 0 amide bonds. The fraction of sp³-hybridized carbons (Fsp3) is 0.240. The van der Waals surface area contributed by atoms with E-state index >= 15 is 0 Å². The van der Waals surface area contributed by atoms with Gasteiger partial charge < -0.3 is 9.72 Å². The molecule has 0 spiro atoms. The van der Waals surface area contributed by atoms with Gasteiger partial charge in [0.25, 0.3) is 0 Å². The Labute approximate surface area is 166 Å². The molecule has 0 atom stereocenters. The molecule has 0 radical (unpaired) electrons. The lowest BCUT2D eigenvalue weighted by molar-refractivity contribution is 0.415. The maximum atomic E-state index is 5.28. The first-order valence-corrected chi connectivity index (χ1v) is 10.0. The Morgan fingerprint density at radius 3 is 2.61 bits per heavy atom. The van der Waals surface area contributed by atoms with Crippen molar-refractivity contribution in [3.8, 4) is 16.9 Å². The molecule has 0 saturated carbocycles. The van der Waals surface area contributed by atoms with Crippen LogP contribution in [0.25, 0.3) is 39.1 Å². The number of unbranched alkanes of at least 4 members (excludes halogenated alkanes) is 3. The van der Waals surface area contributed by atoms with Crippen molar-refractivity contribution < 1.29 is 4.74 Å². The van der Waals surface area contributed by atoms with E-state index < -0.39 is 0 Å². The molecule has 142 valence electrons. The van der Waals surface area contributed by atoms with Gasteiger partial charge in [0.15, 0.2) is 0 Å². The van der Waals surface area contributed by atoms with Crippen molar-refractivity contribution in [2.24, 2.45) is 0 Å². The number of rotatable bonds is 7. The van der Waals surface area contributed by atoms with Crippen LogP contribution in [0.5, 0.6) is 5.75 Å². The minimum Gasteiger partial charge on any atom is -0.497 e. The lowest BCUT2D eigenvalue weighted by Crippen LogP contribution is -1.83. The molecule has 3 nitrogen and oxygen atoms in total. The van der Waals surface area contributed by atoms with Crippen molar-refractivity contribution in [3.63, 3.8) is 0 Å². The van der Waals surface area contributed by atoms with Crippen molar-refractivity contribution in [2.45, 2.75) is 32.6 Å². The van der Waals surface area contributed by atoms with Crippen LogP contribution in [0.15, 0.2) is 60.8 Å². The zero-order valence-corrected chi connectivity index (χ0v) is 16.5. The van der Waals surface area contributed by atoms with Gasteiger partial charge in [-0.25, -0.2) is 4.98 Å². The third-order valence-electron chi connectivity index (χ3n) is 5.22. The molecule has 2 aromatic heterocycles. The summed E-state index contributed by atoms with van der Waals surface area (Å²) in [4.78, 5) is 8.02. The SMILES string of the molecule is CCCCCC=Cc1ccnc2[nH]c3ccc(-c4ccc(OC)cc4)cc3c12. The number of hydrogen-bond acceptors (Lipinski definition) is 2. The van der Waals surface area contributed by atoms with Gasteiger partial charge >= 0.3 is 0 Å². The highest BCUT2D eigenvalue weighted by Gasteiger charge is 2.10. The number of methoxy groups -OCH3 is 1. The second-order valence-corrected chi connectivity index (χ2v) is 7.14. The standard InChI is InChI=1S/C25H26N2O/c1-3-4-5-6-7-8-19-15-16-26-25-24(19)22-17-20(11-14-23(22)27-25)18-9-12-21(28-2)13-10-18/h7-17H,3-6H2,1-2H3,(H,26,27). The molecule has 0 unspecified atom stereocenters. The number of allylic oxidation sites excluding steroid dienone is 1. The summed E-state index contributed by atoms with van der Waals surface area (Å²) in [6.45, 7) is 2.24. The molecule has 0 aliphatic rings. The van der Waals surface area contributed by atoms with Crippen LogP contribution in [0.3, 0.4) is 0 Å². The van der Waals surface area contributed by atoms with Gasteiger partial charge in [-0.1, -0.05) is 50.1 Å². The molecule has 0 aliphatic carbocycles. The predicted octanol–water partition coefficient (Wildman–Crippen LogP) is 6.99. The lowest BCUT2D eigenvalue weighted by atomic mass is 10.0. The first-order valence-electron chi connectivity index (χ1n) is 10.0. The number of fused-ring (bicyclic) bond motifs is 3. The quantitative estimate of drug-likeness (QED) is 0.356. The van der Waals surface area contributed by atoms with Gasteiger partial charge in [0.05, 0.1) is 7.11 Å². The second kappa shape index (κ2) is 8.30. The molecular weight excluding hydrogens is 344 g/mol. The highest BCUT2D eigenvalue weighted by molar-refractivity contribution is 6.10. The summed E-state index contributed by atoms with van der Waals surface area (Å²) >= 11 is 0. The summed E-state index contributed by atoms with van der Waals surface area (Å²) in [5.41, 5.74) is 5.65. The molecule has 0 aliphatic heterocycles. The molecule has 2 heterocycles. The number of hydrogen-bond donors (Lipinski definition) is 1. The number of pyridine rings is 1. The number of benzene rings is 2. The molecule has 1 N–H and O–H groups in total. The highest BCUT2D eigenvalue weighted by Crippen LogP contribution is 2.32. The molecule has 0 saturated heterocycles. The number of aromatic amines is 1. The van der Waals surface area contributed by atoms with Gasteiger partial charge in [-0.3, -0.25) is 0 Å². The minimum absolute atomic E-state index is 0.872. The highest BCUT2D eigenvalue weighted by atomic mass is 16.5. The van der Waals surface area contributed by atoms with E-state index in [4.69, 9.17) is 4.74 Å². The monoisotopic (exact) mass is 370 g/mol. The summed E-state index contributed by atoms with van der Waals surface area (Å²) in [5, 5.41) is 2.41. The molecular formula is C25H26N2O. The zero-order chi connectivity index (χ0) is 19.3. The molecule has 28 heavy (non-hydrogen) atoms. The largest absolute Gasteiger partial charge is 0.497 e. The predicted molar refractivity (Wildman–Crippen MR) is 119 cm³/mol. The van der Waals surface area contributed by atoms with Crippen LogP contribution in [0, 0.1) is 0 Å². The van der Waals surface area contributed by atoms with Crippen molar-refractivity contribution in [3.05, 3.63) is 66.4 Å². The van der Waals surface area contributed by atoms with Crippen molar-refractivity contribution in [2.75, 3.05) is 7.11 Å². The first-order chi connectivity index (χ1) is 13.8. The van der Waals surface area contributed by atoms with Crippen LogP contribution in [0.2, 0.25) is 0 Å². The van der Waals surface area contributed by atoms with E-state index in [-0.39, 0.29) is 0 Å². The minimum atomic E-state index is 0.872. The van der Waals surface area contributed by atoms with Gasteiger partial charge in [-0.15, -0.1) is 0 Å². The second-order valence-electron chi connectivity index (χ2n) is 7.14. The number of aromatic nitrogens is 2. The summed E-state index contributed by atoms with van der Waals surface area (Å²) < 4.78 is 5.28. The Morgan fingerprint density at radius 1 is 1.00 bits per heavy atom. The van der Waals surface area contributed by atoms with E-state index in [9.17, 15) is 0 Å². The number of nitrogens with zero attached hydrogens (tertiary/aromatic N) is 1. The van der Waals surface area contributed by atoms with Crippen LogP contribution in [0.4, 0.5) is 0 Å². The van der Waals surface area contributed by atoms with Crippen LogP contribution in [-0.4, -0.2) is 17.1 Å². The van der Waals surface area contributed by atoms with E-state index in [1.54, 1.807) is 7.11 Å². The Balaban J connectivity index is 1.75. The number of ether oxygens (including phenoxy) is 1. The third-order valence-corrected chi connectivity index (χ3v) is 5.22. The summed E-state index contributed by atoms with van der Waals surface area (Å²) in [6, 6.07) is 16.9. The van der Waals surface area contributed by atoms with E-state index in [1.807, 2.05) is 18.3 Å². The van der Waals surface area contributed by atoms with Crippen LogP contribution in [-0.2, 0) is 0 Å². The number of H-pyrrole nitrogens is 1. The summed E-state index contributed by atoms with van der Waals surface area (Å²) in [7, 11) is 1.69. The first kappa shape index (κ1) is 18.3. The number of nitrogens with one attached hydrogen (secondary N) is 1. The van der Waals surface area contributed by atoms with Gasteiger partial charge in [0.1, 0.15) is 11.4 Å². The Hall–Kier alpha value is -3.07. The molecule has 4 rings (SSSR count). The molecule has 3 heteroatoms. The summed E-state index contributed by atoms with van der Waals surface area (Å²) in [5.74, 6) is 0.872. The van der Waals surface area contributed by atoms with Gasteiger partial charge in [-0.05, 0) is 59.9 Å². The van der Waals surface area contributed by atoms with Crippen LogP contribution >= 0.6 is 0 Å². The van der Waals surface area contributed by atoms with Crippen molar-refractivity contribution >= 4 is 28.0 Å². The fourth-order valence-electron chi connectivity index (χ4n) is 3.67. The average molecular weight is 370 g/mol. The maximum absolute atomic E-state index is 5.28. The molecule has 2 aromatic carbocycles. The smallest absolute Gasteiger partial charge is 0.138 e. The zero-order valence-electron chi connectivity index (χ0n) is 16.5. The van der Waals surface area contributed by atoms with E-state index in [0.717, 1.165) is 23.3 Å². The van der Waals surface area contributed by atoms with Crippen molar-refractivity contribution in [1.29, 1.82) is 0 Å². The lowest BCUT2D eigenvalue weighted by Gasteiger charge is -2.05. The van der Waals surface area contributed by atoms with Gasteiger partial charge in [-0.2, -0.15) is 0 Å². The Bertz CT molecular complexity index is 1110. The van der Waals surface area contributed by atoms with Crippen LogP contribution in [0.1, 0.15) is 38.2 Å². The topological polar surface area (TPSA) is 37.9 Å². The molecule has 4 aromatic rings. The third kappa shape index (κ3) is 3.65. The molecule has 0 bridgehead atoms. The van der Waals surface area contributed by atoms with Gasteiger partial charge in [0.2, 0.25) is 0 Å². The van der Waals surface area contributed by atoms with Crippen molar-refractivity contribution in [1.82, 2.24) is 9.97 Å². The van der Waals surface area contributed by atoms with Crippen LogP contribution < -0.4 is 4.74 Å².